The third kappa shape index (κ3) is 2.50. The van der Waals surface area contributed by atoms with Crippen molar-refractivity contribution in [3.63, 3.8) is 0 Å². The Kier molecular flexibility index (Phi) is 3.90. The largest absolute Gasteiger partial charge is 0.345 e. The summed E-state index contributed by atoms with van der Waals surface area (Å²) in [6, 6.07) is 11.8. The Morgan fingerprint density at radius 3 is 2.89 bits per heavy atom. The highest BCUT2D eigenvalue weighted by molar-refractivity contribution is 5.77. The molecule has 6 heteroatoms. The van der Waals surface area contributed by atoms with Gasteiger partial charge in [-0.05, 0) is 55.9 Å². The molecule has 1 saturated heterocycles. The highest BCUT2D eigenvalue weighted by atomic mass is 16.1. The Morgan fingerprint density at radius 2 is 2.04 bits per heavy atom. The molecule has 0 radical (unpaired) electrons. The van der Waals surface area contributed by atoms with Gasteiger partial charge in [-0.15, -0.1) is 0 Å². The average molecular weight is 371 g/mol. The number of benzene rings is 1. The molecule has 1 aromatic carbocycles. The lowest BCUT2D eigenvalue weighted by molar-refractivity contribution is 0.606. The molecule has 0 amide bonds. The summed E-state index contributed by atoms with van der Waals surface area (Å²) in [4.78, 5) is 24.8. The third-order valence-corrected chi connectivity index (χ3v) is 5.99. The number of nitrogens with zero attached hydrogens (tertiary/aromatic N) is 5. The van der Waals surface area contributed by atoms with Gasteiger partial charge >= 0.3 is 0 Å². The van der Waals surface area contributed by atoms with Crippen molar-refractivity contribution in [1.29, 1.82) is 5.26 Å². The molecular formula is C22H21N5O. The number of aryl methyl sites for hydroxylation is 2. The second kappa shape index (κ2) is 6.45. The van der Waals surface area contributed by atoms with Crippen LogP contribution in [0, 0.1) is 11.3 Å². The molecule has 5 rings (SSSR count). The fourth-order valence-corrected chi connectivity index (χ4v) is 4.58. The van der Waals surface area contributed by atoms with Gasteiger partial charge in [-0.2, -0.15) is 5.26 Å². The summed E-state index contributed by atoms with van der Waals surface area (Å²) < 4.78 is 1.66. The van der Waals surface area contributed by atoms with Crippen molar-refractivity contribution in [2.75, 3.05) is 11.4 Å². The minimum atomic E-state index is -0.0543. The Hall–Kier alpha value is -3.20. The van der Waals surface area contributed by atoms with Crippen molar-refractivity contribution in [3.05, 3.63) is 63.3 Å². The van der Waals surface area contributed by atoms with Crippen LogP contribution in [0.15, 0.2) is 35.1 Å². The van der Waals surface area contributed by atoms with E-state index in [0.29, 0.717) is 10.9 Å². The molecule has 2 aromatic heterocycles. The Bertz CT molecular complexity index is 1190. The lowest BCUT2D eigenvalue weighted by atomic mass is 10.1. The fourth-order valence-electron chi connectivity index (χ4n) is 4.58. The topological polar surface area (TPSA) is 74.8 Å². The van der Waals surface area contributed by atoms with Crippen LogP contribution >= 0.6 is 0 Å². The maximum atomic E-state index is 12.9. The summed E-state index contributed by atoms with van der Waals surface area (Å²) in [5.41, 5.74) is 3.62. The summed E-state index contributed by atoms with van der Waals surface area (Å²) in [6.45, 7) is 0.813. The molecule has 140 valence electrons. The van der Waals surface area contributed by atoms with Crippen molar-refractivity contribution in [3.8, 4) is 6.07 Å². The quantitative estimate of drug-likeness (QED) is 0.692. The van der Waals surface area contributed by atoms with E-state index in [2.05, 4.69) is 11.0 Å². The van der Waals surface area contributed by atoms with E-state index < -0.39 is 0 Å². The van der Waals surface area contributed by atoms with Crippen LogP contribution in [0.3, 0.4) is 0 Å². The number of para-hydroxylation sites is 1. The zero-order valence-corrected chi connectivity index (χ0v) is 15.9. The van der Waals surface area contributed by atoms with E-state index in [1.807, 2.05) is 30.3 Å². The first kappa shape index (κ1) is 16.9. The minimum Gasteiger partial charge on any atom is -0.345 e. The van der Waals surface area contributed by atoms with Crippen molar-refractivity contribution in [2.24, 2.45) is 7.05 Å². The van der Waals surface area contributed by atoms with Gasteiger partial charge in [0.05, 0.1) is 22.5 Å². The number of rotatable bonds is 2. The first-order chi connectivity index (χ1) is 13.7. The second-order valence-corrected chi connectivity index (χ2v) is 7.63. The average Bonchev–Trinajstić information content (AvgIpc) is 3.38. The number of fused-ring (bicyclic) bond motifs is 2. The molecule has 3 aromatic rings. The molecule has 0 bridgehead atoms. The van der Waals surface area contributed by atoms with Crippen molar-refractivity contribution >= 4 is 16.7 Å². The lowest BCUT2D eigenvalue weighted by Gasteiger charge is -2.28. The number of anilines is 1. The number of hydrogen-bond acceptors (Lipinski definition) is 5. The molecule has 1 aliphatic carbocycles. The van der Waals surface area contributed by atoms with E-state index in [-0.39, 0.29) is 11.6 Å². The Labute approximate surface area is 163 Å². The van der Waals surface area contributed by atoms with Gasteiger partial charge in [0.25, 0.3) is 5.56 Å². The second-order valence-electron chi connectivity index (χ2n) is 7.63. The zero-order valence-electron chi connectivity index (χ0n) is 15.9. The minimum absolute atomic E-state index is 0.0325. The van der Waals surface area contributed by atoms with E-state index in [0.717, 1.165) is 61.5 Å². The van der Waals surface area contributed by atoms with Crippen molar-refractivity contribution in [2.45, 2.75) is 38.1 Å². The smallest absolute Gasteiger partial charge is 0.261 e. The number of nitriles is 1. The molecule has 0 N–H and O–H groups in total. The molecule has 1 unspecified atom stereocenters. The van der Waals surface area contributed by atoms with Crippen LogP contribution in [0.4, 0.5) is 5.82 Å². The SMILES string of the molecule is Cn1c(C2CCCN2c2nc3c(cc2C#N)CCC3)nc2ccccc2c1=O. The Balaban J connectivity index is 1.65. The van der Waals surface area contributed by atoms with Crippen LogP contribution in [-0.4, -0.2) is 21.1 Å². The van der Waals surface area contributed by atoms with Crippen molar-refractivity contribution in [1.82, 2.24) is 14.5 Å². The molecule has 0 spiro atoms. The Morgan fingerprint density at radius 1 is 1.18 bits per heavy atom. The standard InChI is InChI=1S/C22H21N5O/c1-26-21(25-18-8-3-2-7-16(18)22(26)28)19-10-5-11-27(19)20-15(13-23)12-14-6-4-9-17(14)24-20/h2-3,7-8,12,19H,4-6,9-11H2,1H3. The number of hydrogen-bond donors (Lipinski definition) is 0. The molecule has 1 fully saturated rings. The van der Waals surface area contributed by atoms with Gasteiger partial charge in [-0.25, -0.2) is 9.97 Å². The van der Waals surface area contributed by atoms with Gasteiger partial charge in [0, 0.05) is 19.3 Å². The normalized spacial score (nSPS) is 18.4. The number of pyridine rings is 1. The maximum absolute atomic E-state index is 12.9. The van der Waals surface area contributed by atoms with Gasteiger partial charge in [0.15, 0.2) is 0 Å². The molecule has 2 aliphatic rings. The lowest BCUT2D eigenvalue weighted by Crippen LogP contribution is -2.31. The van der Waals surface area contributed by atoms with Gasteiger partial charge in [-0.3, -0.25) is 9.36 Å². The molecular weight excluding hydrogens is 350 g/mol. The van der Waals surface area contributed by atoms with Crippen LogP contribution < -0.4 is 10.5 Å². The van der Waals surface area contributed by atoms with E-state index in [4.69, 9.17) is 9.97 Å². The van der Waals surface area contributed by atoms with Crippen LogP contribution in [-0.2, 0) is 19.9 Å². The molecule has 0 saturated carbocycles. The maximum Gasteiger partial charge on any atom is 0.261 e. The molecule has 1 aliphatic heterocycles. The van der Waals surface area contributed by atoms with Crippen LogP contribution in [0.2, 0.25) is 0 Å². The first-order valence-electron chi connectivity index (χ1n) is 9.82. The van der Waals surface area contributed by atoms with Crippen LogP contribution in [0.5, 0.6) is 0 Å². The van der Waals surface area contributed by atoms with E-state index in [1.54, 1.807) is 11.6 Å². The van der Waals surface area contributed by atoms with Gasteiger partial charge in [-0.1, -0.05) is 12.1 Å². The molecule has 6 nitrogen and oxygen atoms in total. The molecule has 3 heterocycles. The van der Waals surface area contributed by atoms with E-state index >= 15 is 0 Å². The highest BCUT2D eigenvalue weighted by Crippen LogP contribution is 2.37. The van der Waals surface area contributed by atoms with Gasteiger partial charge < -0.3 is 4.90 Å². The van der Waals surface area contributed by atoms with E-state index in [1.165, 1.54) is 5.56 Å². The summed E-state index contributed by atoms with van der Waals surface area (Å²) in [5, 5.41) is 10.4. The third-order valence-electron chi connectivity index (χ3n) is 5.99. The highest BCUT2D eigenvalue weighted by Gasteiger charge is 2.33. The van der Waals surface area contributed by atoms with Crippen LogP contribution in [0.25, 0.3) is 10.9 Å². The number of aromatic nitrogens is 3. The van der Waals surface area contributed by atoms with E-state index in [9.17, 15) is 10.1 Å². The first-order valence-corrected chi connectivity index (χ1v) is 9.82. The summed E-state index contributed by atoms with van der Waals surface area (Å²) >= 11 is 0. The molecule has 1 atom stereocenters. The fraction of sp³-hybridized carbons (Fsp3) is 0.364. The van der Waals surface area contributed by atoms with Gasteiger partial charge in [0.2, 0.25) is 0 Å². The van der Waals surface area contributed by atoms with Crippen LogP contribution in [0.1, 0.15) is 47.9 Å². The predicted octanol–water partition coefficient (Wildman–Crippen LogP) is 3.03. The monoisotopic (exact) mass is 371 g/mol. The summed E-state index contributed by atoms with van der Waals surface area (Å²) in [5.74, 6) is 1.49. The molecule has 28 heavy (non-hydrogen) atoms. The zero-order chi connectivity index (χ0) is 19.3. The van der Waals surface area contributed by atoms with Gasteiger partial charge in [0.1, 0.15) is 17.7 Å². The summed E-state index contributed by atoms with van der Waals surface area (Å²) in [6.07, 6.45) is 4.95. The summed E-state index contributed by atoms with van der Waals surface area (Å²) in [7, 11) is 1.79. The predicted molar refractivity (Wildman–Crippen MR) is 107 cm³/mol. The van der Waals surface area contributed by atoms with Crippen molar-refractivity contribution < 1.29 is 0 Å².